The van der Waals surface area contributed by atoms with Gasteiger partial charge in [0, 0.05) is 18.5 Å². The number of carbonyl (C=O) groups excluding carboxylic acids is 1. The van der Waals surface area contributed by atoms with Gasteiger partial charge in [0.15, 0.2) is 0 Å². The molecule has 0 radical (unpaired) electrons. The summed E-state index contributed by atoms with van der Waals surface area (Å²) in [5.41, 5.74) is 0.704. The van der Waals surface area contributed by atoms with Crippen LogP contribution in [0.15, 0.2) is 24.3 Å². The van der Waals surface area contributed by atoms with E-state index >= 15 is 0 Å². The number of amides is 1. The van der Waals surface area contributed by atoms with E-state index in [1.165, 1.54) is 12.1 Å². The molecule has 0 heterocycles. The topological polar surface area (TPSA) is 20.3 Å². The number of halogens is 2. The molecule has 0 atom stereocenters. The van der Waals surface area contributed by atoms with E-state index in [1.54, 1.807) is 12.1 Å². The number of hydrogen-bond acceptors (Lipinski definition) is 1. The molecule has 0 fully saturated rings. The van der Waals surface area contributed by atoms with Crippen molar-refractivity contribution in [1.29, 1.82) is 0 Å². The van der Waals surface area contributed by atoms with Gasteiger partial charge in [0.25, 0.3) is 0 Å². The molecular weight excluding hydrogens is 265 g/mol. The zero-order valence-electron chi connectivity index (χ0n) is 11.5. The average Bonchev–Trinajstić information content (AvgIpc) is 2.39. The third-order valence-electron chi connectivity index (χ3n) is 3.27. The van der Waals surface area contributed by atoms with Crippen LogP contribution >= 0.6 is 11.6 Å². The fourth-order valence-electron chi connectivity index (χ4n) is 2.25. The molecule has 106 valence electrons. The van der Waals surface area contributed by atoms with Gasteiger partial charge in [0.05, 0.1) is 6.42 Å². The van der Waals surface area contributed by atoms with Crippen molar-refractivity contribution in [2.45, 2.75) is 39.2 Å². The van der Waals surface area contributed by atoms with Gasteiger partial charge in [-0.15, -0.1) is 11.6 Å². The highest BCUT2D eigenvalue weighted by Gasteiger charge is 2.20. The van der Waals surface area contributed by atoms with E-state index in [9.17, 15) is 9.18 Å². The molecular formula is C15H21ClFNO. The zero-order valence-corrected chi connectivity index (χ0v) is 12.3. The third-order valence-corrected chi connectivity index (χ3v) is 3.44. The SMILES string of the molecule is CCC(CC)N(CCCl)C(=O)Cc1cccc(F)c1. The Morgan fingerprint density at radius 3 is 2.58 bits per heavy atom. The Kier molecular flexibility index (Phi) is 6.85. The van der Waals surface area contributed by atoms with Crippen molar-refractivity contribution in [1.82, 2.24) is 4.90 Å². The van der Waals surface area contributed by atoms with Crippen molar-refractivity contribution in [2.75, 3.05) is 12.4 Å². The second kappa shape index (κ2) is 8.16. The van der Waals surface area contributed by atoms with Crippen LogP contribution in [-0.2, 0) is 11.2 Å². The summed E-state index contributed by atoms with van der Waals surface area (Å²) >= 11 is 5.77. The molecule has 0 spiro atoms. The Labute approximate surface area is 119 Å². The van der Waals surface area contributed by atoms with Crippen LogP contribution in [0, 0.1) is 5.82 Å². The first-order valence-corrected chi connectivity index (χ1v) is 7.25. The van der Waals surface area contributed by atoms with E-state index in [-0.39, 0.29) is 24.2 Å². The molecule has 1 aromatic rings. The lowest BCUT2D eigenvalue weighted by Gasteiger charge is -2.30. The van der Waals surface area contributed by atoms with Gasteiger partial charge in [-0.3, -0.25) is 4.79 Å². The van der Waals surface area contributed by atoms with Crippen LogP contribution < -0.4 is 0 Å². The fourth-order valence-corrected chi connectivity index (χ4v) is 2.44. The highest BCUT2D eigenvalue weighted by molar-refractivity contribution is 6.18. The van der Waals surface area contributed by atoms with Crippen LogP contribution in [0.25, 0.3) is 0 Å². The van der Waals surface area contributed by atoms with Crippen LogP contribution in [0.5, 0.6) is 0 Å². The molecule has 1 amide bonds. The predicted octanol–water partition coefficient (Wildman–Crippen LogP) is 3.62. The van der Waals surface area contributed by atoms with Crippen molar-refractivity contribution in [2.24, 2.45) is 0 Å². The average molecular weight is 286 g/mol. The third kappa shape index (κ3) is 4.83. The molecule has 19 heavy (non-hydrogen) atoms. The lowest BCUT2D eigenvalue weighted by molar-refractivity contribution is -0.132. The largest absolute Gasteiger partial charge is 0.338 e. The van der Waals surface area contributed by atoms with Gasteiger partial charge in [-0.1, -0.05) is 26.0 Å². The summed E-state index contributed by atoms with van der Waals surface area (Å²) < 4.78 is 13.1. The van der Waals surface area contributed by atoms with E-state index in [0.717, 1.165) is 12.8 Å². The smallest absolute Gasteiger partial charge is 0.227 e. The molecule has 0 saturated carbocycles. The minimum atomic E-state index is -0.309. The molecule has 2 nitrogen and oxygen atoms in total. The van der Waals surface area contributed by atoms with Gasteiger partial charge >= 0.3 is 0 Å². The van der Waals surface area contributed by atoms with E-state index in [0.29, 0.717) is 18.0 Å². The molecule has 0 N–H and O–H groups in total. The zero-order chi connectivity index (χ0) is 14.3. The second-order valence-electron chi connectivity index (χ2n) is 4.55. The van der Waals surface area contributed by atoms with Crippen LogP contribution in [0.4, 0.5) is 4.39 Å². The van der Waals surface area contributed by atoms with E-state index in [2.05, 4.69) is 13.8 Å². The normalized spacial score (nSPS) is 10.8. The molecule has 0 aliphatic carbocycles. The summed E-state index contributed by atoms with van der Waals surface area (Å²) in [6.45, 7) is 4.66. The molecule has 0 saturated heterocycles. The quantitative estimate of drug-likeness (QED) is 0.701. The van der Waals surface area contributed by atoms with Crippen molar-refractivity contribution in [3.63, 3.8) is 0 Å². The summed E-state index contributed by atoms with van der Waals surface area (Å²) in [5, 5.41) is 0. The van der Waals surface area contributed by atoms with Crippen molar-refractivity contribution in [3.8, 4) is 0 Å². The molecule has 0 unspecified atom stereocenters. The monoisotopic (exact) mass is 285 g/mol. The summed E-state index contributed by atoms with van der Waals surface area (Å²) in [4.78, 5) is 14.1. The lowest BCUT2D eigenvalue weighted by atomic mass is 10.1. The molecule has 0 aliphatic heterocycles. The van der Waals surface area contributed by atoms with Gasteiger partial charge in [0.2, 0.25) is 5.91 Å². The highest BCUT2D eigenvalue weighted by atomic mass is 35.5. The number of nitrogens with zero attached hydrogens (tertiary/aromatic N) is 1. The molecule has 4 heteroatoms. The van der Waals surface area contributed by atoms with Gasteiger partial charge in [0.1, 0.15) is 5.82 Å². The number of hydrogen-bond donors (Lipinski definition) is 0. The Hall–Kier alpha value is -1.09. The first-order valence-electron chi connectivity index (χ1n) is 6.72. The highest BCUT2D eigenvalue weighted by Crippen LogP contribution is 2.12. The van der Waals surface area contributed by atoms with Gasteiger partial charge < -0.3 is 4.90 Å². The first kappa shape index (κ1) is 16.0. The van der Waals surface area contributed by atoms with Gasteiger partial charge in [-0.05, 0) is 30.5 Å². The second-order valence-corrected chi connectivity index (χ2v) is 4.93. The lowest BCUT2D eigenvalue weighted by Crippen LogP contribution is -2.41. The molecule has 0 aromatic heterocycles. The summed E-state index contributed by atoms with van der Waals surface area (Å²) in [7, 11) is 0. The summed E-state index contributed by atoms with van der Waals surface area (Å²) in [6.07, 6.45) is 2.04. The number of benzene rings is 1. The maximum atomic E-state index is 13.1. The van der Waals surface area contributed by atoms with Crippen molar-refractivity contribution in [3.05, 3.63) is 35.6 Å². The minimum Gasteiger partial charge on any atom is -0.338 e. The molecule has 0 bridgehead atoms. The van der Waals surface area contributed by atoms with E-state index in [4.69, 9.17) is 11.6 Å². The Balaban J connectivity index is 2.76. The molecule has 1 rings (SSSR count). The summed E-state index contributed by atoms with van der Waals surface area (Å²) in [5.74, 6) is 0.127. The Morgan fingerprint density at radius 1 is 1.37 bits per heavy atom. The maximum absolute atomic E-state index is 13.1. The Bertz CT molecular complexity index is 407. The molecule has 1 aromatic carbocycles. The van der Waals surface area contributed by atoms with Crippen LogP contribution in [0.1, 0.15) is 32.3 Å². The van der Waals surface area contributed by atoms with Crippen LogP contribution in [-0.4, -0.2) is 29.3 Å². The van der Waals surface area contributed by atoms with Crippen molar-refractivity contribution >= 4 is 17.5 Å². The standard InChI is InChI=1S/C15H21ClFNO/c1-3-14(4-2)18(9-8-16)15(19)11-12-6-5-7-13(17)10-12/h5-7,10,14H,3-4,8-9,11H2,1-2H3. The van der Waals surface area contributed by atoms with Gasteiger partial charge in [-0.2, -0.15) is 0 Å². The maximum Gasteiger partial charge on any atom is 0.227 e. The Morgan fingerprint density at radius 2 is 2.05 bits per heavy atom. The number of alkyl halides is 1. The van der Waals surface area contributed by atoms with E-state index < -0.39 is 0 Å². The predicted molar refractivity (Wildman–Crippen MR) is 76.9 cm³/mol. The van der Waals surface area contributed by atoms with Crippen molar-refractivity contribution < 1.29 is 9.18 Å². The number of carbonyl (C=O) groups is 1. The van der Waals surface area contributed by atoms with Gasteiger partial charge in [-0.25, -0.2) is 4.39 Å². The minimum absolute atomic E-state index is 0.0138. The summed E-state index contributed by atoms with van der Waals surface area (Å²) in [6, 6.07) is 6.39. The fraction of sp³-hybridized carbons (Fsp3) is 0.533. The number of rotatable bonds is 7. The first-order chi connectivity index (χ1) is 9.12. The van der Waals surface area contributed by atoms with Crippen LogP contribution in [0.3, 0.4) is 0 Å². The van der Waals surface area contributed by atoms with E-state index in [1.807, 2.05) is 4.90 Å². The molecule has 0 aliphatic rings. The van der Waals surface area contributed by atoms with Crippen LogP contribution in [0.2, 0.25) is 0 Å².